The Hall–Kier alpha value is -2.19. The summed E-state index contributed by atoms with van der Waals surface area (Å²) in [6.45, 7) is 2.84. The molecular formula is C13H16N6OS. The van der Waals surface area contributed by atoms with Crippen LogP contribution in [0.2, 0.25) is 0 Å². The van der Waals surface area contributed by atoms with Gasteiger partial charge in [0.05, 0.1) is 13.2 Å². The molecule has 0 unspecified atom stereocenters. The van der Waals surface area contributed by atoms with Crippen molar-refractivity contribution in [3.63, 3.8) is 0 Å². The first-order valence-corrected chi connectivity index (χ1v) is 7.06. The molecule has 0 bridgehead atoms. The van der Waals surface area contributed by atoms with Gasteiger partial charge in [0, 0.05) is 18.8 Å². The zero-order valence-corrected chi connectivity index (χ0v) is 12.2. The summed E-state index contributed by atoms with van der Waals surface area (Å²) < 4.78 is 6.75. The highest BCUT2D eigenvalue weighted by Gasteiger charge is 2.18. The van der Waals surface area contributed by atoms with Gasteiger partial charge in [0.2, 0.25) is 17.0 Å². The first-order chi connectivity index (χ1) is 10.2. The van der Waals surface area contributed by atoms with Crippen LogP contribution in [0.15, 0.2) is 30.3 Å². The van der Waals surface area contributed by atoms with Crippen molar-refractivity contribution in [2.24, 2.45) is 0 Å². The second-order valence-corrected chi connectivity index (χ2v) is 4.96. The van der Waals surface area contributed by atoms with Crippen molar-refractivity contribution in [1.29, 1.82) is 0 Å². The second kappa shape index (κ2) is 6.06. The maximum atomic E-state index is 5.91. The molecule has 1 aliphatic rings. The van der Waals surface area contributed by atoms with E-state index in [1.165, 1.54) is 4.68 Å². The quantitative estimate of drug-likeness (QED) is 0.799. The number of nitrogens with two attached hydrogens (primary N) is 1. The molecule has 1 aliphatic heterocycles. The predicted molar refractivity (Wildman–Crippen MR) is 85.5 cm³/mol. The molecule has 2 aromatic rings. The number of hydrogen-bond donors (Lipinski definition) is 2. The second-order valence-electron chi connectivity index (χ2n) is 4.58. The number of thiocarbonyl (C=S) groups is 1. The normalized spacial score (nSPS) is 15.0. The van der Waals surface area contributed by atoms with E-state index in [0.29, 0.717) is 24.3 Å². The molecule has 2 heterocycles. The van der Waals surface area contributed by atoms with E-state index in [1.54, 1.807) is 0 Å². The van der Waals surface area contributed by atoms with E-state index in [9.17, 15) is 0 Å². The molecule has 1 aromatic heterocycles. The lowest BCUT2D eigenvalue weighted by atomic mass is 10.3. The van der Waals surface area contributed by atoms with E-state index >= 15 is 0 Å². The molecular weight excluding hydrogens is 288 g/mol. The van der Waals surface area contributed by atoms with Crippen LogP contribution in [0.3, 0.4) is 0 Å². The van der Waals surface area contributed by atoms with Gasteiger partial charge in [-0.3, -0.25) is 0 Å². The van der Waals surface area contributed by atoms with Gasteiger partial charge in [-0.05, 0) is 24.4 Å². The standard InChI is InChI=1S/C13H16N6OS/c14-11-16-12(18-6-8-20-9-7-18)17-19(11)13(21)15-10-4-2-1-3-5-10/h1-5H,6-9H2,(H,15,21)(H2,14,16,17). The Kier molecular flexibility index (Phi) is 3.98. The van der Waals surface area contributed by atoms with Gasteiger partial charge in [0.1, 0.15) is 0 Å². The third-order valence-corrected chi connectivity index (χ3v) is 3.41. The Morgan fingerprint density at radius 3 is 2.67 bits per heavy atom. The summed E-state index contributed by atoms with van der Waals surface area (Å²) in [5.74, 6) is 0.845. The molecule has 3 N–H and O–H groups in total. The Bertz CT molecular complexity index is 623. The van der Waals surface area contributed by atoms with Crippen LogP contribution in [-0.2, 0) is 4.74 Å². The molecule has 0 spiro atoms. The molecule has 0 atom stereocenters. The van der Waals surface area contributed by atoms with E-state index in [-0.39, 0.29) is 5.95 Å². The van der Waals surface area contributed by atoms with Crippen LogP contribution in [0.4, 0.5) is 17.6 Å². The summed E-state index contributed by atoms with van der Waals surface area (Å²) in [4.78, 5) is 6.30. The van der Waals surface area contributed by atoms with Crippen LogP contribution < -0.4 is 16.0 Å². The lowest BCUT2D eigenvalue weighted by molar-refractivity contribution is 0.122. The first-order valence-electron chi connectivity index (χ1n) is 6.65. The van der Waals surface area contributed by atoms with E-state index in [4.69, 9.17) is 22.7 Å². The van der Waals surface area contributed by atoms with Crippen molar-refractivity contribution < 1.29 is 4.74 Å². The third kappa shape index (κ3) is 3.11. The topological polar surface area (TPSA) is 81.2 Å². The zero-order chi connectivity index (χ0) is 14.7. The minimum Gasteiger partial charge on any atom is -0.378 e. The molecule has 21 heavy (non-hydrogen) atoms. The summed E-state index contributed by atoms with van der Waals surface area (Å²) in [5.41, 5.74) is 6.79. The molecule has 0 amide bonds. The van der Waals surface area contributed by atoms with Gasteiger partial charge in [-0.2, -0.15) is 9.67 Å². The van der Waals surface area contributed by atoms with Crippen molar-refractivity contribution in [3.05, 3.63) is 30.3 Å². The fraction of sp³-hybridized carbons (Fsp3) is 0.308. The Morgan fingerprint density at radius 2 is 1.95 bits per heavy atom. The van der Waals surface area contributed by atoms with E-state index < -0.39 is 0 Å². The van der Waals surface area contributed by atoms with Crippen LogP contribution in [0.25, 0.3) is 0 Å². The maximum absolute atomic E-state index is 5.91. The minimum absolute atomic E-state index is 0.268. The molecule has 110 valence electrons. The molecule has 1 fully saturated rings. The Morgan fingerprint density at radius 1 is 1.24 bits per heavy atom. The van der Waals surface area contributed by atoms with Crippen molar-refractivity contribution in [1.82, 2.24) is 14.8 Å². The van der Waals surface area contributed by atoms with Gasteiger partial charge in [-0.1, -0.05) is 18.2 Å². The molecule has 0 saturated carbocycles. The number of rotatable bonds is 2. The van der Waals surface area contributed by atoms with Gasteiger partial charge < -0.3 is 20.7 Å². The number of nitrogen functional groups attached to an aromatic ring is 1. The number of benzene rings is 1. The van der Waals surface area contributed by atoms with Crippen LogP contribution in [0.5, 0.6) is 0 Å². The lowest BCUT2D eigenvalue weighted by Crippen LogP contribution is -2.37. The van der Waals surface area contributed by atoms with Crippen molar-refractivity contribution in [3.8, 4) is 0 Å². The first kappa shape index (κ1) is 13.8. The largest absolute Gasteiger partial charge is 0.378 e. The number of nitrogens with zero attached hydrogens (tertiary/aromatic N) is 4. The highest BCUT2D eigenvalue weighted by atomic mass is 32.1. The van der Waals surface area contributed by atoms with Gasteiger partial charge in [-0.25, -0.2) is 0 Å². The molecule has 0 aliphatic carbocycles. The number of hydrogen-bond acceptors (Lipinski definition) is 6. The monoisotopic (exact) mass is 304 g/mol. The summed E-state index contributed by atoms with van der Waals surface area (Å²) in [6.07, 6.45) is 0. The van der Waals surface area contributed by atoms with E-state index in [0.717, 1.165) is 18.8 Å². The number of morpholine rings is 1. The Labute approximate surface area is 127 Å². The smallest absolute Gasteiger partial charge is 0.247 e. The maximum Gasteiger partial charge on any atom is 0.247 e. The van der Waals surface area contributed by atoms with Crippen LogP contribution in [-0.4, -0.2) is 46.2 Å². The van der Waals surface area contributed by atoms with Gasteiger partial charge in [0.25, 0.3) is 0 Å². The van der Waals surface area contributed by atoms with E-state index in [1.807, 2.05) is 35.2 Å². The molecule has 0 radical (unpaired) electrons. The summed E-state index contributed by atoms with van der Waals surface area (Å²) in [6, 6.07) is 9.63. The minimum atomic E-state index is 0.268. The number of nitrogens with one attached hydrogen (secondary N) is 1. The van der Waals surface area contributed by atoms with Crippen molar-refractivity contribution in [2.45, 2.75) is 0 Å². The van der Waals surface area contributed by atoms with Crippen molar-refractivity contribution in [2.75, 3.05) is 42.3 Å². The highest BCUT2D eigenvalue weighted by Crippen LogP contribution is 2.14. The van der Waals surface area contributed by atoms with E-state index in [2.05, 4.69) is 15.4 Å². The third-order valence-electron chi connectivity index (χ3n) is 3.13. The average Bonchev–Trinajstić information content (AvgIpc) is 2.91. The molecule has 1 saturated heterocycles. The zero-order valence-electron chi connectivity index (χ0n) is 11.4. The van der Waals surface area contributed by atoms with Gasteiger partial charge in [-0.15, -0.1) is 5.10 Å². The summed E-state index contributed by atoms with van der Waals surface area (Å²) in [5, 5.41) is 7.85. The SMILES string of the molecule is Nc1nc(N2CCOCC2)nn1C(=S)Nc1ccccc1. The average molecular weight is 304 g/mol. The van der Waals surface area contributed by atoms with Gasteiger partial charge in [0.15, 0.2) is 0 Å². The molecule has 1 aromatic carbocycles. The molecule has 8 heteroatoms. The highest BCUT2D eigenvalue weighted by molar-refractivity contribution is 7.80. The summed E-state index contributed by atoms with van der Waals surface area (Å²) in [7, 11) is 0. The number of para-hydroxylation sites is 1. The van der Waals surface area contributed by atoms with Crippen LogP contribution in [0.1, 0.15) is 0 Å². The number of aromatic nitrogens is 3. The Balaban J connectivity index is 1.75. The number of anilines is 3. The fourth-order valence-corrected chi connectivity index (χ4v) is 2.31. The van der Waals surface area contributed by atoms with Crippen LogP contribution >= 0.6 is 12.2 Å². The molecule has 7 nitrogen and oxygen atoms in total. The fourth-order valence-electron chi connectivity index (χ4n) is 2.06. The van der Waals surface area contributed by atoms with Gasteiger partial charge >= 0.3 is 0 Å². The molecule has 3 rings (SSSR count). The predicted octanol–water partition coefficient (Wildman–Crippen LogP) is 0.942. The van der Waals surface area contributed by atoms with Crippen molar-refractivity contribution >= 4 is 34.9 Å². The number of ether oxygens (including phenoxy) is 1. The van der Waals surface area contributed by atoms with Crippen LogP contribution in [0, 0.1) is 0 Å². The summed E-state index contributed by atoms with van der Waals surface area (Å²) >= 11 is 5.33. The lowest BCUT2D eigenvalue weighted by Gasteiger charge is -2.25.